The third-order valence-corrected chi connectivity index (χ3v) is 2.98. The van der Waals surface area contributed by atoms with Crippen molar-refractivity contribution in [3.8, 4) is 0 Å². The molecule has 6 nitrogen and oxygen atoms in total. The van der Waals surface area contributed by atoms with Crippen molar-refractivity contribution >= 4 is 11.8 Å². The first-order valence-electron chi connectivity index (χ1n) is 6.25. The molecule has 2 amide bonds. The van der Waals surface area contributed by atoms with Crippen LogP contribution in [0.5, 0.6) is 0 Å². The number of hydrogen-bond acceptors (Lipinski definition) is 4. The Bertz CT molecular complexity index is 288. The van der Waals surface area contributed by atoms with Crippen molar-refractivity contribution in [1.82, 2.24) is 14.7 Å². The van der Waals surface area contributed by atoms with Crippen LogP contribution < -0.4 is 0 Å². The van der Waals surface area contributed by atoms with Crippen LogP contribution in [0.1, 0.15) is 6.42 Å². The number of rotatable bonds is 5. The molecule has 1 saturated heterocycles. The van der Waals surface area contributed by atoms with Gasteiger partial charge in [-0.2, -0.15) is 0 Å². The van der Waals surface area contributed by atoms with Crippen LogP contribution in [-0.2, 0) is 14.3 Å². The molecular weight excluding hydrogens is 234 g/mol. The summed E-state index contributed by atoms with van der Waals surface area (Å²) in [5.41, 5.74) is 0. The van der Waals surface area contributed by atoms with Gasteiger partial charge < -0.3 is 14.5 Å². The average molecular weight is 257 g/mol. The standard InChI is InChI=1S/C12H23N3O3/c1-13(2)12(17)10-14(3)5-4-11(16)15-6-8-18-9-7-15/h4-10H2,1-3H3. The minimum Gasteiger partial charge on any atom is -0.378 e. The summed E-state index contributed by atoms with van der Waals surface area (Å²) in [6.07, 6.45) is 0.456. The number of hydrogen-bond donors (Lipinski definition) is 0. The molecule has 104 valence electrons. The second-order valence-corrected chi connectivity index (χ2v) is 4.77. The SMILES string of the molecule is CN(CCC(=O)N1CCOCC1)CC(=O)N(C)C. The van der Waals surface area contributed by atoms with Crippen molar-refractivity contribution in [2.24, 2.45) is 0 Å². The molecule has 18 heavy (non-hydrogen) atoms. The summed E-state index contributed by atoms with van der Waals surface area (Å²) in [6, 6.07) is 0. The normalized spacial score (nSPS) is 15.9. The predicted octanol–water partition coefficient (Wildman–Crippen LogP) is -0.745. The van der Waals surface area contributed by atoms with Crippen LogP contribution in [0.25, 0.3) is 0 Å². The molecule has 0 bridgehead atoms. The molecule has 1 aliphatic heterocycles. The van der Waals surface area contributed by atoms with Gasteiger partial charge in [0.05, 0.1) is 19.8 Å². The second-order valence-electron chi connectivity index (χ2n) is 4.77. The smallest absolute Gasteiger partial charge is 0.236 e. The Morgan fingerprint density at radius 3 is 2.33 bits per heavy atom. The highest BCUT2D eigenvalue weighted by atomic mass is 16.5. The van der Waals surface area contributed by atoms with Crippen LogP contribution >= 0.6 is 0 Å². The Morgan fingerprint density at radius 1 is 1.17 bits per heavy atom. The molecule has 1 rings (SSSR count). The molecule has 0 aromatic carbocycles. The van der Waals surface area contributed by atoms with Crippen molar-refractivity contribution in [2.45, 2.75) is 6.42 Å². The van der Waals surface area contributed by atoms with Gasteiger partial charge >= 0.3 is 0 Å². The highest BCUT2D eigenvalue weighted by Crippen LogP contribution is 2.01. The summed E-state index contributed by atoms with van der Waals surface area (Å²) < 4.78 is 5.20. The number of morpholine rings is 1. The zero-order valence-corrected chi connectivity index (χ0v) is 11.5. The molecule has 0 spiro atoms. The first kappa shape index (κ1) is 14.9. The maximum absolute atomic E-state index is 11.9. The van der Waals surface area contributed by atoms with Crippen LogP contribution in [-0.4, -0.2) is 87.0 Å². The maximum atomic E-state index is 11.9. The first-order chi connectivity index (χ1) is 8.50. The number of likely N-dealkylation sites (N-methyl/N-ethyl adjacent to an activating group) is 2. The Kier molecular flexibility index (Phi) is 6.07. The minimum atomic E-state index is 0.0521. The van der Waals surface area contributed by atoms with Crippen molar-refractivity contribution in [3.05, 3.63) is 0 Å². The lowest BCUT2D eigenvalue weighted by Gasteiger charge is -2.27. The number of ether oxygens (including phenoxy) is 1. The van der Waals surface area contributed by atoms with Crippen LogP contribution in [0, 0.1) is 0 Å². The summed E-state index contributed by atoms with van der Waals surface area (Å²) in [5, 5.41) is 0. The Hall–Kier alpha value is -1.14. The summed E-state index contributed by atoms with van der Waals surface area (Å²) in [4.78, 5) is 28.6. The van der Waals surface area contributed by atoms with E-state index in [1.807, 2.05) is 16.8 Å². The Morgan fingerprint density at radius 2 is 1.78 bits per heavy atom. The van der Waals surface area contributed by atoms with Gasteiger partial charge in [-0.15, -0.1) is 0 Å². The van der Waals surface area contributed by atoms with Crippen LogP contribution in [0.2, 0.25) is 0 Å². The topological polar surface area (TPSA) is 53.1 Å². The minimum absolute atomic E-state index is 0.0521. The van der Waals surface area contributed by atoms with Gasteiger partial charge in [-0.3, -0.25) is 14.5 Å². The number of nitrogens with zero attached hydrogens (tertiary/aromatic N) is 3. The fourth-order valence-electron chi connectivity index (χ4n) is 1.71. The zero-order chi connectivity index (χ0) is 13.5. The molecule has 0 aliphatic carbocycles. The summed E-state index contributed by atoms with van der Waals surface area (Å²) in [6.45, 7) is 3.57. The van der Waals surface area contributed by atoms with Crippen LogP contribution in [0.15, 0.2) is 0 Å². The molecule has 0 unspecified atom stereocenters. The molecule has 0 aromatic rings. The maximum Gasteiger partial charge on any atom is 0.236 e. The summed E-state index contributed by atoms with van der Waals surface area (Å²) in [5.74, 6) is 0.193. The molecule has 1 heterocycles. The zero-order valence-electron chi connectivity index (χ0n) is 11.5. The van der Waals surface area contributed by atoms with E-state index in [1.54, 1.807) is 19.0 Å². The van der Waals surface area contributed by atoms with E-state index in [-0.39, 0.29) is 11.8 Å². The second kappa shape index (κ2) is 7.33. The Balaban J connectivity index is 2.22. The van der Waals surface area contributed by atoms with Gasteiger partial charge in [-0.1, -0.05) is 0 Å². The van der Waals surface area contributed by atoms with E-state index in [0.717, 1.165) is 0 Å². The molecule has 0 aromatic heterocycles. The van der Waals surface area contributed by atoms with Crippen molar-refractivity contribution in [3.63, 3.8) is 0 Å². The molecule has 1 fully saturated rings. The van der Waals surface area contributed by atoms with E-state index < -0.39 is 0 Å². The van der Waals surface area contributed by atoms with E-state index in [0.29, 0.717) is 45.8 Å². The van der Waals surface area contributed by atoms with E-state index in [2.05, 4.69) is 0 Å². The lowest BCUT2D eigenvalue weighted by molar-refractivity contribution is -0.136. The van der Waals surface area contributed by atoms with Crippen LogP contribution in [0.3, 0.4) is 0 Å². The third kappa shape index (κ3) is 5.01. The van der Waals surface area contributed by atoms with Crippen molar-refractivity contribution < 1.29 is 14.3 Å². The predicted molar refractivity (Wildman–Crippen MR) is 68.2 cm³/mol. The number of amides is 2. The van der Waals surface area contributed by atoms with E-state index in [1.165, 1.54) is 0 Å². The van der Waals surface area contributed by atoms with Gasteiger partial charge in [-0.05, 0) is 7.05 Å². The molecule has 0 saturated carbocycles. The van der Waals surface area contributed by atoms with Crippen molar-refractivity contribution in [1.29, 1.82) is 0 Å². The molecule has 0 radical (unpaired) electrons. The quantitative estimate of drug-likeness (QED) is 0.651. The van der Waals surface area contributed by atoms with Gasteiger partial charge in [0, 0.05) is 40.2 Å². The number of carbonyl (C=O) groups excluding carboxylic acids is 2. The summed E-state index contributed by atoms with van der Waals surface area (Å²) >= 11 is 0. The van der Waals surface area contributed by atoms with E-state index in [9.17, 15) is 9.59 Å². The number of carbonyl (C=O) groups is 2. The highest BCUT2D eigenvalue weighted by Gasteiger charge is 2.17. The molecule has 6 heteroatoms. The van der Waals surface area contributed by atoms with Crippen molar-refractivity contribution in [2.75, 3.05) is 60.5 Å². The molecular formula is C12H23N3O3. The lowest BCUT2D eigenvalue weighted by atomic mass is 10.3. The first-order valence-corrected chi connectivity index (χ1v) is 6.25. The molecule has 1 aliphatic rings. The van der Waals surface area contributed by atoms with Gasteiger partial charge in [0.15, 0.2) is 0 Å². The fourth-order valence-corrected chi connectivity index (χ4v) is 1.71. The molecule has 0 N–H and O–H groups in total. The monoisotopic (exact) mass is 257 g/mol. The highest BCUT2D eigenvalue weighted by molar-refractivity contribution is 5.78. The van der Waals surface area contributed by atoms with Gasteiger partial charge in [0.25, 0.3) is 0 Å². The van der Waals surface area contributed by atoms with Gasteiger partial charge in [-0.25, -0.2) is 0 Å². The van der Waals surface area contributed by atoms with Gasteiger partial charge in [0.1, 0.15) is 0 Å². The fraction of sp³-hybridized carbons (Fsp3) is 0.833. The summed E-state index contributed by atoms with van der Waals surface area (Å²) in [7, 11) is 5.32. The van der Waals surface area contributed by atoms with E-state index in [4.69, 9.17) is 4.74 Å². The lowest BCUT2D eigenvalue weighted by Crippen LogP contribution is -2.42. The molecule has 0 atom stereocenters. The Labute approximate surface area is 108 Å². The van der Waals surface area contributed by atoms with E-state index >= 15 is 0 Å². The van der Waals surface area contributed by atoms with Gasteiger partial charge in [0.2, 0.25) is 11.8 Å². The average Bonchev–Trinajstić information content (AvgIpc) is 2.36. The largest absolute Gasteiger partial charge is 0.378 e. The van der Waals surface area contributed by atoms with Crippen LogP contribution in [0.4, 0.5) is 0 Å². The third-order valence-electron chi connectivity index (χ3n) is 2.98.